The Morgan fingerprint density at radius 2 is 2.17 bits per heavy atom. The molecule has 0 saturated heterocycles. The number of fused-ring (bicyclic) bond motifs is 2. The quantitative estimate of drug-likeness (QED) is 0.783. The number of rotatable bonds is 4. The van der Waals surface area contributed by atoms with Crippen molar-refractivity contribution in [2.75, 3.05) is 17.3 Å². The third-order valence-corrected chi connectivity index (χ3v) is 5.09. The van der Waals surface area contributed by atoms with Gasteiger partial charge in [-0.25, -0.2) is 9.69 Å². The molecule has 0 bridgehead atoms. The molecule has 122 valence electrons. The Bertz CT molecular complexity index is 841. The number of amides is 1. The van der Waals surface area contributed by atoms with Gasteiger partial charge in [-0.15, -0.1) is 10.2 Å². The largest absolute Gasteiger partial charge is 0.486 e. The lowest BCUT2D eigenvalue weighted by Gasteiger charge is -2.26. The highest BCUT2D eigenvalue weighted by Crippen LogP contribution is 2.27. The predicted octanol–water partition coefficient (Wildman–Crippen LogP) is 1.44. The molecule has 1 amide bonds. The standard InChI is InChI=1S/C16H15N5O2S/c17-6-7-20-15(22)10-24-16-19-18-14(21(16)20)9-23-13-5-4-11-2-1-3-12(11)8-13/h4-5,8H,1-3,7,9-10H2. The van der Waals surface area contributed by atoms with Crippen LogP contribution < -0.4 is 9.75 Å². The SMILES string of the molecule is N#CCN1C(=O)CSc2nnc(COc3ccc4c(c3)CCC4)n21. The Balaban J connectivity index is 1.55. The smallest absolute Gasteiger partial charge is 0.252 e. The first-order chi connectivity index (χ1) is 11.8. The van der Waals surface area contributed by atoms with Crippen LogP contribution in [0, 0.1) is 11.3 Å². The minimum Gasteiger partial charge on any atom is -0.486 e. The minimum absolute atomic E-state index is 0.0315. The van der Waals surface area contributed by atoms with E-state index in [0.717, 1.165) is 18.6 Å². The molecular weight excluding hydrogens is 326 g/mol. The summed E-state index contributed by atoms with van der Waals surface area (Å²) >= 11 is 1.32. The third-order valence-electron chi connectivity index (χ3n) is 4.19. The van der Waals surface area contributed by atoms with Gasteiger partial charge in [-0.2, -0.15) is 5.26 Å². The topological polar surface area (TPSA) is 84.0 Å². The summed E-state index contributed by atoms with van der Waals surface area (Å²) in [6.07, 6.45) is 3.42. The van der Waals surface area contributed by atoms with Crippen LogP contribution in [0.5, 0.6) is 5.75 Å². The molecule has 4 rings (SSSR count). The van der Waals surface area contributed by atoms with Gasteiger partial charge < -0.3 is 4.74 Å². The number of aryl methyl sites for hydroxylation is 2. The van der Waals surface area contributed by atoms with E-state index in [4.69, 9.17) is 10.00 Å². The molecule has 1 aromatic carbocycles. The summed E-state index contributed by atoms with van der Waals surface area (Å²) in [6.45, 7) is 0.165. The second kappa shape index (κ2) is 6.17. The number of nitriles is 1. The molecule has 0 unspecified atom stereocenters. The van der Waals surface area contributed by atoms with Gasteiger partial charge in [0, 0.05) is 0 Å². The Labute approximate surface area is 143 Å². The molecule has 0 N–H and O–H groups in total. The van der Waals surface area contributed by atoms with E-state index in [-0.39, 0.29) is 24.8 Å². The zero-order valence-corrected chi connectivity index (χ0v) is 13.8. The molecule has 0 atom stereocenters. The van der Waals surface area contributed by atoms with Crippen LogP contribution in [-0.4, -0.2) is 33.1 Å². The van der Waals surface area contributed by atoms with Gasteiger partial charge in [0.25, 0.3) is 5.91 Å². The second-order valence-corrected chi connectivity index (χ2v) is 6.62. The van der Waals surface area contributed by atoms with Crippen molar-refractivity contribution in [3.63, 3.8) is 0 Å². The van der Waals surface area contributed by atoms with Crippen molar-refractivity contribution in [3.8, 4) is 11.8 Å². The number of carbonyl (C=O) groups excluding carboxylic acids is 1. The fraction of sp³-hybridized carbons (Fsp3) is 0.375. The van der Waals surface area contributed by atoms with Crippen molar-refractivity contribution in [3.05, 3.63) is 35.2 Å². The number of nitrogens with zero attached hydrogens (tertiary/aromatic N) is 5. The van der Waals surface area contributed by atoms with Crippen LogP contribution in [0.2, 0.25) is 0 Å². The maximum Gasteiger partial charge on any atom is 0.252 e. The van der Waals surface area contributed by atoms with E-state index in [1.54, 1.807) is 4.68 Å². The molecule has 0 saturated carbocycles. The Kier molecular flexibility index (Phi) is 3.86. The van der Waals surface area contributed by atoms with E-state index in [9.17, 15) is 4.79 Å². The van der Waals surface area contributed by atoms with Gasteiger partial charge in [0.15, 0.2) is 5.82 Å². The molecule has 0 radical (unpaired) electrons. The number of thioether (sulfide) groups is 1. The molecule has 2 aromatic rings. The van der Waals surface area contributed by atoms with Crippen LogP contribution >= 0.6 is 11.8 Å². The zero-order valence-electron chi connectivity index (χ0n) is 12.9. The van der Waals surface area contributed by atoms with Crippen molar-refractivity contribution < 1.29 is 9.53 Å². The average Bonchev–Trinajstić information content (AvgIpc) is 3.21. The monoisotopic (exact) mass is 341 g/mol. The van der Waals surface area contributed by atoms with Crippen molar-refractivity contribution >= 4 is 17.7 Å². The molecular formula is C16H15N5O2S. The van der Waals surface area contributed by atoms with E-state index >= 15 is 0 Å². The Hall–Kier alpha value is -2.53. The average molecular weight is 341 g/mol. The third kappa shape index (κ3) is 2.61. The number of carbonyl (C=O) groups is 1. The fourth-order valence-corrected chi connectivity index (χ4v) is 3.87. The van der Waals surface area contributed by atoms with Crippen molar-refractivity contribution in [2.45, 2.75) is 31.0 Å². The lowest BCUT2D eigenvalue weighted by Crippen LogP contribution is -2.46. The van der Waals surface area contributed by atoms with Gasteiger partial charge in [-0.1, -0.05) is 17.8 Å². The number of aromatic nitrogens is 3. The van der Waals surface area contributed by atoms with E-state index < -0.39 is 0 Å². The van der Waals surface area contributed by atoms with E-state index in [0.29, 0.717) is 11.0 Å². The first kappa shape index (κ1) is 15.0. The van der Waals surface area contributed by atoms with Crippen LogP contribution in [0.25, 0.3) is 0 Å². The normalized spacial score (nSPS) is 15.8. The summed E-state index contributed by atoms with van der Waals surface area (Å²) in [5, 5.41) is 19.1. The first-order valence-corrected chi connectivity index (χ1v) is 8.74. The predicted molar refractivity (Wildman–Crippen MR) is 87.2 cm³/mol. The maximum atomic E-state index is 12.0. The highest BCUT2D eigenvalue weighted by atomic mass is 32.2. The lowest BCUT2D eigenvalue weighted by molar-refractivity contribution is -0.117. The van der Waals surface area contributed by atoms with Crippen molar-refractivity contribution in [1.29, 1.82) is 5.26 Å². The molecule has 24 heavy (non-hydrogen) atoms. The lowest BCUT2D eigenvalue weighted by atomic mass is 10.1. The Morgan fingerprint density at radius 1 is 1.29 bits per heavy atom. The zero-order chi connectivity index (χ0) is 16.5. The van der Waals surface area contributed by atoms with Crippen LogP contribution in [0.1, 0.15) is 23.4 Å². The van der Waals surface area contributed by atoms with E-state index in [1.165, 1.54) is 34.3 Å². The number of ether oxygens (including phenoxy) is 1. The fourth-order valence-electron chi connectivity index (χ4n) is 3.04. The molecule has 8 heteroatoms. The molecule has 2 heterocycles. The number of hydrogen-bond donors (Lipinski definition) is 0. The van der Waals surface area contributed by atoms with Crippen molar-refractivity contribution in [1.82, 2.24) is 14.9 Å². The molecule has 7 nitrogen and oxygen atoms in total. The summed E-state index contributed by atoms with van der Waals surface area (Å²) in [4.78, 5) is 12.0. The van der Waals surface area contributed by atoms with E-state index in [1.807, 2.05) is 12.1 Å². The van der Waals surface area contributed by atoms with Gasteiger partial charge in [0.1, 0.15) is 18.9 Å². The summed E-state index contributed by atoms with van der Waals surface area (Å²) in [7, 11) is 0. The summed E-state index contributed by atoms with van der Waals surface area (Å²) < 4.78 is 7.44. The second-order valence-electron chi connectivity index (χ2n) is 5.68. The highest BCUT2D eigenvalue weighted by molar-refractivity contribution is 7.99. The molecule has 0 fully saturated rings. The summed E-state index contributed by atoms with van der Waals surface area (Å²) in [5.41, 5.74) is 2.73. The van der Waals surface area contributed by atoms with Crippen LogP contribution in [0.15, 0.2) is 23.4 Å². The van der Waals surface area contributed by atoms with Gasteiger partial charge in [0.05, 0.1) is 11.8 Å². The molecule has 0 spiro atoms. The summed E-state index contributed by atoms with van der Waals surface area (Å²) in [5.74, 6) is 1.44. The molecule has 1 aliphatic carbocycles. The van der Waals surface area contributed by atoms with Crippen LogP contribution in [0.3, 0.4) is 0 Å². The number of benzene rings is 1. The first-order valence-electron chi connectivity index (χ1n) is 7.75. The van der Waals surface area contributed by atoms with Crippen LogP contribution in [-0.2, 0) is 24.2 Å². The van der Waals surface area contributed by atoms with Crippen molar-refractivity contribution in [2.24, 2.45) is 0 Å². The molecule has 1 aliphatic heterocycles. The van der Waals surface area contributed by atoms with Crippen LogP contribution in [0.4, 0.5) is 0 Å². The molecule has 2 aliphatic rings. The van der Waals surface area contributed by atoms with Gasteiger partial charge >= 0.3 is 0 Å². The maximum absolute atomic E-state index is 12.0. The van der Waals surface area contributed by atoms with E-state index in [2.05, 4.69) is 22.3 Å². The summed E-state index contributed by atoms with van der Waals surface area (Å²) in [6, 6.07) is 8.15. The molecule has 1 aromatic heterocycles. The Morgan fingerprint density at radius 3 is 3.04 bits per heavy atom. The number of hydrogen-bond acceptors (Lipinski definition) is 6. The van der Waals surface area contributed by atoms with Gasteiger partial charge in [-0.05, 0) is 42.5 Å². The minimum atomic E-state index is -0.132. The van der Waals surface area contributed by atoms with Gasteiger partial charge in [0.2, 0.25) is 5.16 Å². The van der Waals surface area contributed by atoms with Gasteiger partial charge in [-0.3, -0.25) is 4.79 Å². The highest BCUT2D eigenvalue weighted by Gasteiger charge is 2.29.